The maximum absolute atomic E-state index is 6.05. The van der Waals surface area contributed by atoms with E-state index >= 15 is 0 Å². The topological polar surface area (TPSA) is 51.6 Å². The van der Waals surface area contributed by atoms with Crippen molar-refractivity contribution in [2.45, 2.75) is 38.3 Å². The molecule has 102 valence electrons. The predicted molar refractivity (Wildman–Crippen MR) is 71.4 cm³/mol. The summed E-state index contributed by atoms with van der Waals surface area (Å²) in [5.41, 5.74) is 7.37. The zero-order valence-electron chi connectivity index (χ0n) is 11.4. The maximum atomic E-state index is 6.05. The molecule has 2 heterocycles. The van der Waals surface area contributed by atoms with Crippen molar-refractivity contribution in [3.8, 4) is 0 Å². The third-order valence-corrected chi connectivity index (χ3v) is 4.21. The summed E-state index contributed by atoms with van der Waals surface area (Å²) in [4.78, 5) is 2.37. The van der Waals surface area contributed by atoms with Crippen LogP contribution in [0.15, 0.2) is 16.7 Å². The Labute approximate surface area is 109 Å². The number of nitrogens with zero attached hydrogens (tertiary/aromatic N) is 1. The van der Waals surface area contributed by atoms with Crippen LogP contribution < -0.4 is 5.73 Å². The first-order valence-electron chi connectivity index (χ1n) is 6.70. The van der Waals surface area contributed by atoms with Crippen LogP contribution in [-0.2, 0) is 11.3 Å². The smallest absolute Gasteiger partial charge is 0.105 e. The Morgan fingerprint density at radius 2 is 2.22 bits per heavy atom. The van der Waals surface area contributed by atoms with E-state index in [-0.39, 0.29) is 5.54 Å². The van der Waals surface area contributed by atoms with E-state index in [4.69, 9.17) is 14.9 Å². The summed E-state index contributed by atoms with van der Waals surface area (Å²) < 4.78 is 10.9. The van der Waals surface area contributed by atoms with Gasteiger partial charge in [0.15, 0.2) is 0 Å². The Kier molecular flexibility index (Phi) is 4.43. The highest BCUT2D eigenvalue weighted by molar-refractivity contribution is 5.15. The van der Waals surface area contributed by atoms with Crippen molar-refractivity contribution in [1.29, 1.82) is 0 Å². The Bertz CT molecular complexity index is 368. The van der Waals surface area contributed by atoms with Gasteiger partial charge in [-0.15, -0.1) is 0 Å². The molecule has 1 aromatic heterocycles. The molecule has 0 spiro atoms. The first-order chi connectivity index (χ1) is 8.68. The van der Waals surface area contributed by atoms with Crippen LogP contribution in [0, 0.1) is 6.92 Å². The largest absolute Gasteiger partial charge is 0.469 e. The highest BCUT2D eigenvalue weighted by Gasteiger charge is 2.34. The number of ether oxygens (including phenoxy) is 1. The Balaban J connectivity index is 2.08. The van der Waals surface area contributed by atoms with Crippen molar-refractivity contribution < 1.29 is 9.15 Å². The number of nitrogens with two attached hydrogens (primary N) is 1. The molecule has 0 aromatic carbocycles. The lowest BCUT2D eigenvalue weighted by molar-refractivity contribution is 0.0832. The molecule has 0 radical (unpaired) electrons. The average Bonchev–Trinajstić information content (AvgIpc) is 2.66. The molecule has 18 heavy (non-hydrogen) atoms. The fourth-order valence-corrected chi connectivity index (χ4v) is 2.73. The summed E-state index contributed by atoms with van der Waals surface area (Å²) >= 11 is 0. The minimum absolute atomic E-state index is 0.0697. The van der Waals surface area contributed by atoms with Crippen molar-refractivity contribution in [3.63, 3.8) is 0 Å². The van der Waals surface area contributed by atoms with Crippen molar-refractivity contribution in [2.75, 3.05) is 26.8 Å². The molecule has 1 fully saturated rings. The fraction of sp³-hybridized carbons (Fsp3) is 0.714. The molecule has 1 atom stereocenters. The van der Waals surface area contributed by atoms with Crippen LogP contribution in [0.5, 0.6) is 0 Å². The monoisotopic (exact) mass is 252 g/mol. The number of hydrogen-bond donors (Lipinski definition) is 1. The summed E-state index contributed by atoms with van der Waals surface area (Å²) in [5, 5.41) is 0. The lowest BCUT2D eigenvalue weighted by Crippen LogP contribution is -2.51. The van der Waals surface area contributed by atoms with Gasteiger partial charge < -0.3 is 14.9 Å². The van der Waals surface area contributed by atoms with Gasteiger partial charge in [-0.25, -0.2) is 0 Å². The second-order valence-electron chi connectivity index (χ2n) is 5.25. The Morgan fingerprint density at radius 1 is 1.39 bits per heavy atom. The van der Waals surface area contributed by atoms with Gasteiger partial charge >= 0.3 is 0 Å². The quantitative estimate of drug-likeness (QED) is 0.889. The molecule has 2 N–H and O–H groups in total. The third kappa shape index (κ3) is 2.76. The van der Waals surface area contributed by atoms with Crippen LogP contribution >= 0.6 is 0 Å². The minimum Gasteiger partial charge on any atom is -0.469 e. The Hall–Kier alpha value is -0.840. The van der Waals surface area contributed by atoms with Gasteiger partial charge in [0.05, 0.1) is 6.26 Å². The number of likely N-dealkylation sites (N-methyl/N-ethyl adjacent to an activating group) is 1. The first kappa shape index (κ1) is 13.6. The van der Waals surface area contributed by atoms with Gasteiger partial charge in [-0.3, -0.25) is 4.90 Å². The van der Waals surface area contributed by atoms with Gasteiger partial charge in [-0.2, -0.15) is 0 Å². The number of aryl methyl sites for hydroxylation is 1. The predicted octanol–water partition coefficient (Wildman–Crippen LogP) is 1.92. The summed E-state index contributed by atoms with van der Waals surface area (Å²) in [6.07, 6.45) is 4.96. The van der Waals surface area contributed by atoms with Crippen molar-refractivity contribution in [1.82, 2.24) is 4.90 Å². The van der Waals surface area contributed by atoms with Crippen molar-refractivity contribution >= 4 is 0 Å². The van der Waals surface area contributed by atoms with Crippen molar-refractivity contribution in [2.24, 2.45) is 5.73 Å². The van der Waals surface area contributed by atoms with E-state index < -0.39 is 0 Å². The number of rotatable bonds is 4. The van der Waals surface area contributed by atoms with Crippen LogP contribution in [0.25, 0.3) is 0 Å². The highest BCUT2D eigenvalue weighted by atomic mass is 16.5. The SMILES string of the molecule is Cc1occc1CN(C)C1(CN)CCCOCC1. The van der Waals surface area contributed by atoms with Gasteiger partial charge in [0.1, 0.15) is 5.76 Å². The van der Waals surface area contributed by atoms with Crippen molar-refractivity contribution in [3.05, 3.63) is 23.7 Å². The van der Waals surface area contributed by atoms with E-state index in [1.54, 1.807) is 6.26 Å². The zero-order valence-corrected chi connectivity index (χ0v) is 11.4. The maximum Gasteiger partial charge on any atom is 0.105 e. The van der Waals surface area contributed by atoms with Gasteiger partial charge in [0.2, 0.25) is 0 Å². The Morgan fingerprint density at radius 3 is 2.89 bits per heavy atom. The minimum atomic E-state index is 0.0697. The van der Waals surface area contributed by atoms with E-state index in [2.05, 4.69) is 11.9 Å². The van der Waals surface area contributed by atoms with E-state index in [1.165, 1.54) is 5.56 Å². The normalized spacial score (nSPS) is 25.3. The van der Waals surface area contributed by atoms with Gasteiger partial charge in [-0.1, -0.05) is 0 Å². The van der Waals surface area contributed by atoms with Crippen LogP contribution in [0.2, 0.25) is 0 Å². The molecular weight excluding hydrogens is 228 g/mol. The van der Waals surface area contributed by atoms with Crippen LogP contribution in [0.3, 0.4) is 0 Å². The molecule has 0 saturated carbocycles. The lowest BCUT2D eigenvalue weighted by Gasteiger charge is -2.40. The second-order valence-corrected chi connectivity index (χ2v) is 5.25. The lowest BCUT2D eigenvalue weighted by atomic mass is 9.88. The zero-order chi connectivity index (χ0) is 13.0. The molecule has 0 bridgehead atoms. The standard InChI is InChI=1S/C14H24N2O2/c1-12-13(4-8-18-12)10-16(2)14(11-15)5-3-7-17-9-6-14/h4,8H,3,5-7,9-11,15H2,1-2H3. The molecule has 1 aliphatic heterocycles. The molecule has 0 amide bonds. The summed E-state index contributed by atoms with van der Waals surface area (Å²) in [6.45, 7) is 5.25. The second kappa shape index (κ2) is 5.87. The molecule has 1 unspecified atom stereocenters. The van der Waals surface area contributed by atoms with E-state index in [9.17, 15) is 0 Å². The fourth-order valence-electron chi connectivity index (χ4n) is 2.73. The van der Waals surface area contributed by atoms with E-state index in [0.717, 1.165) is 44.8 Å². The summed E-state index contributed by atoms with van der Waals surface area (Å²) in [5.74, 6) is 0.999. The number of hydrogen-bond acceptors (Lipinski definition) is 4. The molecule has 4 nitrogen and oxygen atoms in total. The molecular formula is C14H24N2O2. The van der Waals surface area contributed by atoms with Crippen LogP contribution in [-0.4, -0.2) is 37.2 Å². The van der Waals surface area contributed by atoms with Crippen LogP contribution in [0.1, 0.15) is 30.6 Å². The molecule has 1 saturated heterocycles. The average molecular weight is 252 g/mol. The third-order valence-electron chi connectivity index (χ3n) is 4.21. The molecule has 1 aromatic rings. The molecule has 0 aliphatic carbocycles. The van der Waals surface area contributed by atoms with E-state index in [0.29, 0.717) is 6.54 Å². The van der Waals surface area contributed by atoms with E-state index in [1.807, 2.05) is 13.0 Å². The van der Waals surface area contributed by atoms with Crippen LogP contribution in [0.4, 0.5) is 0 Å². The molecule has 4 heteroatoms. The molecule has 2 rings (SSSR count). The summed E-state index contributed by atoms with van der Waals surface area (Å²) in [6, 6.07) is 2.04. The highest BCUT2D eigenvalue weighted by Crippen LogP contribution is 2.28. The molecule has 1 aliphatic rings. The number of furan rings is 1. The summed E-state index contributed by atoms with van der Waals surface area (Å²) in [7, 11) is 2.16. The first-order valence-corrected chi connectivity index (χ1v) is 6.70. The van der Waals surface area contributed by atoms with Gasteiger partial charge in [0.25, 0.3) is 0 Å². The van der Waals surface area contributed by atoms with Gasteiger partial charge in [-0.05, 0) is 39.3 Å². The van der Waals surface area contributed by atoms with Gasteiger partial charge in [0, 0.05) is 37.4 Å².